The van der Waals surface area contributed by atoms with Gasteiger partial charge in [0.15, 0.2) is 0 Å². The van der Waals surface area contributed by atoms with Gasteiger partial charge in [0.05, 0.1) is 11.4 Å². The number of alkyl halides is 3. The highest BCUT2D eigenvalue weighted by atomic mass is 19.4. The molecular formula is C19H26F3N3. The minimum absolute atomic E-state index is 0.559. The molecule has 138 valence electrons. The fraction of sp³-hybridized carbons (Fsp3) is 0.526. The number of hydrogen-bond acceptors (Lipinski definition) is 2. The number of likely N-dealkylation sites (N-methyl/N-ethyl adjacent to an activating group) is 1. The molecule has 25 heavy (non-hydrogen) atoms. The van der Waals surface area contributed by atoms with Gasteiger partial charge in [-0.05, 0) is 63.5 Å². The average molecular weight is 353 g/mol. The summed E-state index contributed by atoms with van der Waals surface area (Å²) in [4.78, 5) is 2.11. The molecule has 0 unspecified atom stereocenters. The summed E-state index contributed by atoms with van der Waals surface area (Å²) in [5, 5.41) is 4.11. The van der Waals surface area contributed by atoms with Crippen LogP contribution in [0.5, 0.6) is 0 Å². The van der Waals surface area contributed by atoms with E-state index in [9.17, 15) is 13.2 Å². The molecule has 0 fully saturated rings. The van der Waals surface area contributed by atoms with Gasteiger partial charge >= 0.3 is 6.18 Å². The highest BCUT2D eigenvalue weighted by molar-refractivity contribution is 5.66. The number of benzene rings is 1. The predicted molar refractivity (Wildman–Crippen MR) is 94.8 cm³/mol. The molecule has 0 aliphatic carbocycles. The Hall–Kier alpha value is -1.82. The molecule has 0 N–H and O–H groups in total. The second kappa shape index (κ2) is 7.60. The van der Waals surface area contributed by atoms with Crippen LogP contribution < -0.4 is 0 Å². The highest BCUT2D eigenvalue weighted by Gasteiger charge is 2.30. The second-order valence-corrected chi connectivity index (χ2v) is 6.72. The monoisotopic (exact) mass is 353 g/mol. The van der Waals surface area contributed by atoms with Crippen molar-refractivity contribution in [1.82, 2.24) is 14.7 Å². The molecule has 0 atom stereocenters. The molecule has 0 saturated carbocycles. The zero-order valence-electron chi connectivity index (χ0n) is 15.5. The Labute approximate surface area is 147 Å². The van der Waals surface area contributed by atoms with Gasteiger partial charge in [0, 0.05) is 12.1 Å². The first-order valence-corrected chi connectivity index (χ1v) is 8.50. The van der Waals surface area contributed by atoms with Crippen molar-refractivity contribution in [3.8, 4) is 11.3 Å². The van der Waals surface area contributed by atoms with Gasteiger partial charge in [0.2, 0.25) is 0 Å². The van der Waals surface area contributed by atoms with Gasteiger partial charge in [-0.1, -0.05) is 19.1 Å². The van der Waals surface area contributed by atoms with E-state index < -0.39 is 12.7 Å². The first-order chi connectivity index (χ1) is 11.6. The molecule has 0 radical (unpaired) electrons. The molecule has 0 spiro atoms. The molecule has 0 bridgehead atoms. The second-order valence-electron chi connectivity index (χ2n) is 6.72. The lowest BCUT2D eigenvalue weighted by Gasteiger charge is -2.16. The van der Waals surface area contributed by atoms with Gasteiger partial charge < -0.3 is 4.90 Å². The van der Waals surface area contributed by atoms with Gasteiger partial charge in [-0.2, -0.15) is 18.3 Å². The van der Waals surface area contributed by atoms with Gasteiger partial charge in [-0.25, -0.2) is 0 Å². The summed E-state index contributed by atoms with van der Waals surface area (Å²) in [6.45, 7) is 5.50. The lowest BCUT2D eigenvalue weighted by Crippen LogP contribution is -2.19. The Bertz CT molecular complexity index is 730. The van der Waals surface area contributed by atoms with Crippen LogP contribution in [-0.4, -0.2) is 41.5 Å². The molecule has 0 aliphatic heterocycles. The Kier molecular flexibility index (Phi) is 5.93. The predicted octanol–water partition coefficient (Wildman–Crippen LogP) is 4.40. The van der Waals surface area contributed by atoms with Crippen molar-refractivity contribution < 1.29 is 13.2 Å². The largest absolute Gasteiger partial charge is 0.408 e. The van der Waals surface area contributed by atoms with E-state index in [4.69, 9.17) is 0 Å². The fourth-order valence-electron chi connectivity index (χ4n) is 3.02. The van der Waals surface area contributed by atoms with E-state index in [1.165, 1.54) is 11.1 Å². The molecule has 0 saturated heterocycles. The molecule has 2 aromatic rings. The van der Waals surface area contributed by atoms with E-state index in [0.29, 0.717) is 11.4 Å². The normalized spacial score (nSPS) is 12.2. The number of halogens is 3. The van der Waals surface area contributed by atoms with Gasteiger partial charge in [0.1, 0.15) is 6.54 Å². The average Bonchev–Trinajstić information content (AvgIpc) is 2.77. The van der Waals surface area contributed by atoms with Crippen molar-refractivity contribution in [2.75, 3.05) is 20.6 Å². The van der Waals surface area contributed by atoms with Crippen LogP contribution in [0.15, 0.2) is 18.2 Å². The minimum Gasteiger partial charge on any atom is -0.309 e. The molecule has 1 heterocycles. The summed E-state index contributed by atoms with van der Waals surface area (Å²) in [5.41, 5.74) is 5.21. The first kappa shape index (κ1) is 19.5. The molecule has 0 amide bonds. The standard InChI is InChI=1S/C19H26F3N3/c1-6-15-7-8-17(11-16(15)9-10-24(4)5)18-13(2)14(3)23-25(18)12-19(20,21)22/h7-8,11H,6,9-10,12H2,1-5H3. The Morgan fingerprint density at radius 1 is 1.12 bits per heavy atom. The van der Waals surface area contributed by atoms with E-state index >= 15 is 0 Å². The number of hydrogen-bond donors (Lipinski definition) is 0. The third-order valence-corrected chi connectivity index (χ3v) is 4.44. The number of aromatic nitrogens is 2. The van der Waals surface area contributed by atoms with E-state index in [2.05, 4.69) is 16.9 Å². The SMILES string of the molecule is CCc1ccc(-c2c(C)c(C)nn2CC(F)(F)F)cc1CCN(C)C. The summed E-state index contributed by atoms with van der Waals surface area (Å²) >= 11 is 0. The van der Waals surface area contributed by atoms with Crippen LogP contribution in [0.3, 0.4) is 0 Å². The summed E-state index contributed by atoms with van der Waals surface area (Å²) in [6.07, 6.45) is -2.52. The number of nitrogens with zero attached hydrogens (tertiary/aromatic N) is 3. The molecule has 1 aromatic heterocycles. The van der Waals surface area contributed by atoms with Gasteiger partial charge in [-0.3, -0.25) is 4.68 Å². The molecule has 6 heteroatoms. The van der Waals surface area contributed by atoms with Crippen molar-refractivity contribution in [2.45, 2.75) is 46.3 Å². The van der Waals surface area contributed by atoms with Gasteiger partial charge in [0.25, 0.3) is 0 Å². The van der Waals surface area contributed by atoms with Crippen molar-refractivity contribution in [2.24, 2.45) is 0 Å². The lowest BCUT2D eigenvalue weighted by atomic mass is 9.96. The Balaban J connectivity index is 2.49. The number of aryl methyl sites for hydroxylation is 2. The van der Waals surface area contributed by atoms with E-state index in [-0.39, 0.29) is 0 Å². The molecule has 3 nitrogen and oxygen atoms in total. The maximum Gasteiger partial charge on any atom is 0.408 e. The summed E-state index contributed by atoms with van der Waals surface area (Å²) in [6, 6.07) is 5.97. The Morgan fingerprint density at radius 2 is 1.80 bits per heavy atom. The number of rotatable bonds is 6. The van der Waals surface area contributed by atoms with Crippen molar-refractivity contribution in [3.05, 3.63) is 40.6 Å². The topological polar surface area (TPSA) is 21.1 Å². The Morgan fingerprint density at radius 3 is 2.36 bits per heavy atom. The van der Waals surface area contributed by atoms with Crippen LogP contribution in [-0.2, 0) is 19.4 Å². The van der Waals surface area contributed by atoms with Crippen LogP contribution in [0.1, 0.15) is 29.3 Å². The molecule has 1 aromatic carbocycles. The van der Waals surface area contributed by atoms with Crippen molar-refractivity contribution >= 4 is 0 Å². The maximum absolute atomic E-state index is 12.9. The quantitative estimate of drug-likeness (QED) is 0.768. The smallest absolute Gasteiger partial charge is 0.309 e. The van der Waals surface area contributed by atoms with Crippen molar-refractivity contribution in [3.63, 3.8) is 0 Å². The zero-order chi connectivity index (χ0) is 18.8. The fourth-order valence-corrected chi connectivity index (χ4v) is 3.02. The van der Waals surface area contributed by atoms with Crippen LogP contribution in [0.4, 0.5) is 13.2 Å². The van der Waals surface area contributed by atoms with Crippen LogP contribution >= 0.6 is 0 Å². The summed E-state index contributed by atoms with van der Waals surface area (Å²) in [5.74, 6) is 0. The van der Waals surface area contributed by atoms with Gasteiger partial charge in [-0.15, -0.1) is 0 Å². The van der Waals surface area contributed by atoms with E-state index in [0.717, 1.165) is 35.2 Å². The third kappa shape index (κ3) is 4.84. The summed E-state index contributed by atoms with van der Waals surface area (Å²) < 4.78 is 39.8. The highest BCUT2D eigenvalue weighted by Crippen LogP contribution is 2.30. The zero-order valence-corrected chi connectivity index (χ0v) is 15.5. The first-order valence-electron chi connectivity index (χ1n) is 8.50. The molecule has 2 rings (SSSR count). The van der Waals surface area contributed by atoms with E-state index in [1.54, 1.807) is 6.92 Å². The van der Waals surface area contributed by atoms with Crippen molar-refractivity contribution in [1.29, 1.82) is 0 Å². The van der Waals surface area contributed by atoms with Crippen LogP contribution in [0.2, 0.25) is 0 Å². The summed E-state index contributed by atoms with van der Waals surface area (Å²) in [7, 11) is 4.03. The van der Waals surface area contributed by atoms with E-state index in [1.807, 2.05) is 39.2 Å². The third-order valence-electron chi connectivity index (χ3n) is 4.44. The minimum atomic E-state index is -4.29. The van der Waals surface area contributed by atoms with Crippen LogP contribution in [0.25, 0.3) is 11.3 Å². The maximum atomic E-state index is 12.9. The molecular weight excluding hydrogens is 327 g/mol. The van der Waals surface area contributed by atoms with Crippen LogP contribution in [0, 0.1) is 13.8 Å². The lowest BCUT2D eigenvalue weighted by molar-refractivity contribution is -0.142. The molecule has 0 aliphatic rings.